The Morgan fingerprint density at radius 2 is 1.75 bits per heavy atom. The lowest BCUT2D eigenvalue weighted by Crippen LogP contribution is -2.51. The highest BCUT2D eigenvalue weighted by molar-refractivity contribution is 7.88. The second-order valence-electron chi connectivity index (χ2n) is 5.25. The molecule has 1 aromatic rings. The maximum absolute atomic E-state index is 13.1. The van der Waals surface area contributed by atoms with Crippen molar-refractivity contribution in [3.63, 3.8) is 0 Å². The number of carbonyl (C=O) groups is 2. The van der Waals surface area contributed by atoms with Gasteiger partial charge in [0.05, 0.1) is 11.8 Å². The summed E-state index contributed by atoms with van der Waals surface area (Å²) in [5.41, 5.74) is -0.205. The number of carbonyl (C=O) groups excluding carboxylic acids is 2. The van der Waals surface area contributed by atoms with Crippen molar-refractivity contribution >= 4 is 21.9 Å². The predicted octanol–water partition coefficient (Wildman–Crippen LogP) is 0.225. The topological polar surface area (TPSA) is 84.0 Å². The van der Waals surface area contributed by atoms with Crippen molar-refractivity contribution in [1.29, 1.82) is 0 Å². The molecule has 0 N–H and O–H groups in total. The molecule has 0 aromatic heterocycles. The Bertz CT molecular complexity index is 746. The van der Waals surface area contributed by atoms with Crippen molar-refractivity contribution in [2.45, 2.75) is 0 Å². The van der Waals surface area contributed by atoms with Crippen LogP contribution in [0.3, 0.4) is 0 Å². The van der Waals surface area contributed by atoms with Gasteiger partial charge in [0.1, 0.15) is 0 Å². The number of hydrogen-bond acceptors (Lipinski definition) is 5. The predicted molar refractivity (Wildman–Crippen MR) is 79.6 cm³/mol. The minimum atomic E-state index is -3.30. The summed E-state index contributed by atoms with van der Waals surface area (Å²) >= 11 is 0. The second kappa shape index (κ2) is 7.22. The summed E-state index contributed by atoms with van der Waals surface area (Å²) in [5, 5.41) is 0. The largest absolute Gasteiger partial charge is 0.452 e. The molecular formula is C14H16F2N2O5S. The molecule has 24 heavy (non-hydrogen) atoms. The summed E-state index contributed by atoms with van der Waals surface area (Å²) in [6, 6.07) is 2.53. The van der Waals surface area contributed by atoms with E-state index >= 15 is 0 Å². The van der Waals surface area contributed by atoms with E-state index in [4.69, 9.17) is 4.74 Å². The van der Waals surface area contributed by atoms with Crippen molar-refractivity contribution in [3.8, 4) is 0 Å². The SMILES string of the molecule is CS(=O)(=O)N1CCN(C(=O)COC(=O)c2ccc(F)c(F)c2)CC1. The Morgan fingerprint density at radius 3 is 2.29 bits per heavy atom. The Morgan fingerprint density at radius 1 is 1.12 bits per heavy atom. The number of ether oxygens (including phenoxy) is 1. The second-order valence-corrected chi connectivity index (χ2v) is 7.23. The van der Waals surface area contributed by atoms with E-state index in [1.165, 1.54) is 9.21 Å². The van der Waals surface area contributed by atoms with Gasteiger partial charge in [0, 0.05) is 26.2 Å². The third kappa shape index (κ3) is 4.48. The summed E-state index contributed by atoms with van der Waals surface area (Å²) in [6.07, 6.45) is 1.09. The van der Waals surface area contributed by atoms with Crippen LogP contribution < -0.4 is 0 Å². The van der Waals surface area contributed by atoms with Crippen molar-refractivity contribution in [2.24, 2.45) is 0 Å². The number of amides is 1. The zero-order valence-corrected chi connectivity index (χ0v) is 13.7. The first-order valence-electron chi connectivity index (χ1n) is 7.03. The summed E-state index contributed by atoms with van der Waals surface area (Å²) in [5.74, 6) is -3.71. The van der Waals surface area contributed by atoms with E-state index in [9.17, 15) is 26.8 Å². The first kappa shape index (κ1) is 18.3. The van der Waals surface area contributed by atoms with Gasteiger partial charge in [0.15, 0.2) is 18.2 Å². The molecule has 0 spiro atoms. The van der Waals surface area contributed by atoms with E-state index in [1.807, 2.05) is 0 Å². The fraction of sp³-hybridized carbons (Fsp3) is 0.429. The van der Waals surface area contributed by atoms with E-state index in [-0.39, 0.29) is 31.7 Å². The molecule has 1 amide bonds. The molecule has 1 aromatic carbocycles. The van der Waals surface area contributed by atoms with Crippen molar-refractivity contribution < 1.29 is 31.5 Å². The zero-order chi connectivity index (χ0) is 17.9. The maximum Gasteiger partial charge on any atom is 0.338 e. The highest BCUT2D eigenvalue weighted by Gasteiger charge is 2.26. The van der Waals surface area contributed by atoms with Gasteiger partial charge < -0.3 is 9.64 Å². The van der Waals surface area contributed by atoms with Crippen LogP contribution >= 0.6 is 0 Å². The van der Waals surface area contributed by atoms with Crippen LogP contribution in [0.15, 0.2) is 18.2 Å². The van der Waals surface area contributed by atoms with Gasteiger partial charge in [-0.2, -0.15) is 4.31 Å². The van der Waals surface area contributed by atoms with Gasteiger partial charge in [-0.15, -0.1) is 0 Å². The highest BCUT2D eigenvalue weighted by Crippen LogP contribution is 2.10. The van der Waals surface area contributed by atoms with Gasteiger partial charge in [-0.05, 0) is 18.2 Å². The number of benzene rings is 1. The number of nitrogens with zero attached hydrogens (tertiary/aromatic N) is 2. The molecule has 7 nitrogen and oxygen atoms in total. The monoisotopic (exact) mass is 362 g/mol. The Hall–Kier alpha value is -2.07. The van der Waals surface area contributed by atoms with Gasteiger partial charge in [-0.1, -0.05) is 0 Å². The Labute approximate surface area is 137 Å². The molecule has 10 heteroatoms. The molecule has 1 heterocycles. The molecule has 0 aliphatic carbocycles. The van der Waals surface area contributed by atoms with E-state index < -0.39 is 40.1 Å². The smallest absolute Gasteiger partial charge is 0.338 e. The summed E-state index contributed by atoms with van der Waals surface area (Å²) in [6.45, 7) is 0.156. The quantitative estimate of drug-likeness (QED) is 0.716. The maximum atomic E-state index is 13.1. The molecule has 1 saturated heterocycles. The molecule has 1 fully saturated rings. The molecular weight excluding hydrogens is 346 g/mol. The summed E-state index contributed by atoms with van der Waals surface area (Å²) in [7, 11) is -3.30. The van der Waals surface area contributed by atoms with Crippen molar-refractivity contribution in [1.82, 2.24) is 9.21 Å². The highest BCUT2D eigenvalue weighted by atomic mass is 32.2. The molecule has 0 radical (unpaired) electrons. The number of esters is 1. The standard InChI is InChI=1S/C14H16F2N2O5S/c1-24(21,22)18-6-4-17(5-7-18)13(19)9-23-14(20)10-2-3-11(15)12(16)8-10/h2-3,8H,4-7,9H2,1H3. The fourth-order valence-corrected chi connectivity index (χ4v) is 3.02. The molecule has 1 aliphatic rings. The molecule has 2 rings (SSSR count). The van der Waals surface area contributed by atoms with Crippen molar-refractivity contribution in [2.75, 3.05) is 39.0 Å². The van der Waals surface area contributed by atoms with Crippen molar-refractivity contribution in [3.05, 3.63) is 35.4 Å². The van der Waals surface area contributed by atoms with Crippen LogP contribution in [0, 0.1) is 11.6 Å². The summed E-state index contributed by atoms with van der Waals surface area (Å²) in [4.78, 5) is 25.0. The van der Waals surface area contributed by atoms with Crippen LogP contribution in [0.1, 0.15) is 10.4 Å². The number of piperazine rings is 1. The Balaban J connectivity index is 1.85. The van der Waals surface area contributed by atoms with Crippen LogP contribution in [-0.4, -0.2) is 68.5 Å². The first-order valence-corrected chi connectivity index (χ1v) is 8.88. The van der Waals surface area contributed by atoms with E-state index in [0.29, 0.717) is 6.07 Å². The average molecular weight is 362 g/mol. The van der Waals surface area contributed by atoms with Gasteiger partial charge in [-0.25, -0.2) is 22.0 Å². The van der Waals surface area contributed by atoms with Crippen LogP contribution in [0.2, 0.25) is 0 Å². The van der Waals surface area contributed by atoms with Gasteiger partial charge in [-0.3, -0.25) is 4.79 Å². The van der Waals surface area contributed by atoms with Gasteiger partial charge in [0.25, 0.3) is 5.91 Å². The van der Waals surface area contributed by atoms with Gasteiger partial charge >= 0.3 is 5.97 Å². The van der Waals surface area contributed by atoms with Crippen LogP contribution in [0.25, 0.3) is 0 Å². The lowest BCUT2D eigenvalue weighted by molar-refractivity contribution is -0.135. The minimum absolute atomic E-state index is 0.168. The lowest BCUT2D eigenvalue weighted by Gasteiger charge is -2.33. The molecule has 0 atom stereocenters. The lowest BCUT2D eigenvalue weighted by atomic mass is 10.2. The zero-order valence-electron chi connectivity index (χ0n) is 12.9. The number of hydrogen-bond donors (Lipinski definition) is 0. The number of halogens is 2. The number of sulfonamides is 1. The molecule has 0 unspecified atom stereocenters. The van der Waals surface area contributed by atoms with Crippen LogP contribution in [-0.2, 0) is 19.6 Å². The summed E-state index contributed by atoms with van der Waals surface area (Å²) < 4.78 is 54.6. The fourth-order valence-electron chi connectivity index (χ4n) is 2.19. The van der Waals surface area contributed by atoms with E-state index in [1.54, 1.807) is 0 Å². The van der Waals surface area contributed by atoms with E-state index in [2.05, 4.69) is 0 Å². The third-order valence-electron chi connectivity index (χ3n) is 3.54. The van der Waals surface area contributed by atoms with Crippen LogP contribution in [0.4, 0.5) is 8.78 Å². The first-order chi connectivity index (χ1) is 11.2. The normalized spacial score (nSPS) is 16.0. The average Bonchev–Trinajstić information content (AvgIpc) is 2.54. The molecule has 0 saturated carbocycles. The number of rotatable bonds is 4. The third-order valence-corrected chi connectivity index (χ3v) is 4.85. The Kier molecular flexibility index (Phi) is 5.50. The minimum Gasteiger partial charge on any atom is -0.452 e. The molecule has 1 aliphatic heterocycles. The van der Waals surface area contributed by atoms with E-state index in [0.717, 1.165) is 18.4 Å². The van der Waals surface area contributed by atoms with Gasteiger partial charge in [0.2, 0.25) is 10.0 Å². The molecule has 0 bridgehead atoms. The van der Waals surface area contributed by atoms with Crippen LogP contribution in [0.5, 0.6) is 0 Å². The molecule has 132 valence electrons.